The van der Waals surface area contributed by atoms with Crippen LogP contribution >= 0.6 is 0 Å². The molecule has 118 valence electrons. The van der Waals surface area contributed by atoms with Crippen LogP contribution in [0.5, 0.6) is 6.01 Å². The lowest BCUT2D eigenvalue weighted by atomic mass is 10.3. The van der Waals surface area contributed by atoms with Crippen LogP contribution in [0.3, 0.4) is 0 Å². The summed E-state index contributed by atoms with van der Waals surface area (Å²) in [6.07, 6.45) is 2.68. The lowest BCUT2D eigenvalue weighted by Crippen LogP contribution is -2.36. The monoisotopic (exact) mass is 297 g/mol. The molecule has 0 radical (unpaired) electrons. The topological polar surface area (TPSA) is 132 Å². The van der Waals surface area contributed by atoms with Gasteiger partial charge in [-0.25, -0.2) is 5.84 Å². The lowest BCUT2D eigenvalue weighted by Gasteiger charge is -2.21. The summed E-state index contributed by atoms with van der Waals surface area (Å²) in [6.45, 7) is 5.16. The highest BCUT2D eigenvalue weighted by Gasteiger charge is 2.15. The predicted molar refractivity (Wildman–Crippen MR) is 79.7 cm³/mol. The smallest absolute Gasteiger partial charge is 0.323 e. The van der Waals surface area contributed by atoms with Crippen molar-refractivity contribution in [3.8, 4) is 6.01 Å². The minimum atomic E-state index is -0.454. The maximum absolute atomic E-state index is 11.2. The van der Waals surface area contributed by atoms with Crippen molar-refractivity contribution in [2.75, 3.05) is 30.0 Å². The molecular formula is C12H23N7O2. The van der Waals surface area contributed by atoms with Gasteiger partial charge in [-0.3, -0.25) is 10.2 Å². The number of hydrogen-bond donors (Lipinski definition) is 3. The van der Waals surface area contributed by atoms with E-state index in [4.69, 9.17) is 16.3 Å². The SMILES string of the molecule is CCCCN(CC(N)=O)c1nc(NN)nc(OCCC)n1. The van der Waals surface area contributed by atoms with Crippen LogP contribution in [0, 0.1) is 0 Å². The highest BCUT2D eigenvalue weighted by Crippen LogP contribution is 2.15. The lowest BCUT2D eigenvalue weighted by molar-refractivity contribution is -0.116. The Hall–Kier alpha value is -2.16. The first-order valence-electron chi connectivity index (χ1n) is 6.99. The summed E-state index contributed by atoms with van der Waals surface area (Å²) >= 11 is 0. The molecule has 0 spiro atoms. The van der Waals surface area contributed by atoms with Crippen LogP contribution < -0.4 is 26.6 Å². The number of anilines is 2. The van der Waals surface area contributed by atoms with Crippen LogP contribution in [0.4, 0.5) is 11.9 Å². The minimum Gasteiger partial charge on any atom is -0.463 e. The van der Waals surface area contributed by atoms with Crippen molar-refractivity contribution in [2.24, 2.45) is 11.6 Å². The first-order chi connectivity index (χ1) is 10.1. The third-order valence-electron chi connectivity index (χ3n) is 2.58. The number of hydrazine groups is 1. The van der Waals surface area contributed by atoms with E-state index in [0.717, 1.165) is 19.3 Å². The predicted octanol–water partition coefficient (Wildman–Crippen LogP) is 0.0378. The van der Waals surface area contributed by atoms with Gasteiger partial charge in [0.1, 0.15) is 0 Å². The molecule has 1 aromatic heterocycles. The summed E-state index contributed by atoms with van der Waals surface area (Å²) in [7, 11) is 0. The van der Waals surface area contributed by atoms with Crippen LogP contribution in [0.15, 0.2) is 0 Å². The van der Waals surface area contributed by atoms with Gasteiger partial charge in [0.05, 0.1) is 13.2 Å². The van der Waals surface area contributed by atoms with Gasteiger partial charge >= 0.3 is 6.01 Å². The summed E-state index contributed by atoms with van der Waals surface area (Å²) < 4.78 is 5.40. The number of carbonyl (C=O) groups is 1. The number of aromatic nitrogens is 3. The zero-order valence-corrected chi connectivity index (χ0v) is 12.5. The Labute approximate surface area is 124 Å². The van der Waals surface area contributed by atoms with E-state index in [2.05, 4.69) is 27.3 Å². The largest absolute Gasteiger partial charge is 0.463 e. The molecule has 1 aromatic rings. The molecule has 0 bridgehead atoms. The zero-order chi connectivity index (χ0) is 15.7. The van der Waals surface area contributed by atoms with Crippen molar-refractivity contribution in [1.82, 2.24) is 15.0 Å². The molecule has 5 N–H and O–H groups in total. The summed E-state index contributed by atoms with van der Waals surface area (Å²) in [5, 5.41) is 0. The molecular weight excluding hydrogens is 274 g/mol. The number of ether oxygens (including phenoxy) is 1. The van der Waals surface area contributed by atoms with E-state index < -0.39 is 5.91 Å². The van der Waals surface area contributed by atoms with E-state index in [9.17, 15) is 4.79 Å². The first-order valence-corrected chi connectivity index (χ1v) is 6.99. The molecule has 0 aliphatic rings. The standard InChI is InChI=1S/C12H23N7O2/c1-3-5-6-19(8-9(13)20)11-15-10(18-14)16-12(17-11)21-7-4-2/h3-8,14H2,1-2H3,(H2,13,20)(H,15,16,17,18). The van der Waals surface area contributed by atoms with Crippen LogP contribution in [-0.2, 0) is 4.79 Å². The molecule has 1 rings (SSSR count). The molecule has 9 heteroatoms. The number of carbonyl (C=O) groups excluding carboxylic acids is 1. The quantitative estimate of drug-likeness (QED) is 0.407. The molecule has 0 atom stereocenters. The van der Waals surface area contributed by atoms with Gasteiger partial charge in [0, 0.05) is 6.54 Å². The molecule has 0 aliphatic heterocycles. The first kappa shape index (κ1) is 16.9. The van der Waals surface area contributed by atoms with E-state index >= 15 is 0 Å². The Morgan fingerprint density at radius 3 is 2.62 bits per heavy atom. The number of unbranched alkanes of at least 4 members (excludes halogenated alkanes) is 1. The van der Waals surface area contributed by atoms with Crippen molar-refractivity contribution in [3.05, 3.63) is 0 Å². The Bertz CT molecular complexity index is 455. The van der Waals surface area contributed by atoms with E-state index in [1.165, 1.54) is 0 Å². The summed E-state index contributed by atoms with van der Waals surface area (Å²) in [6, 6.07) is 0.167. The number of nitrogen functional groups attached to an aromatic ring is 1. The molecule has 1 amide bonds. The second-order valence-corrected chi connectivity index (χ2v) is 4.48. The number of amides is 1. The van der Waals surface area contributed by atoms with Gasteiger partial charge in [0.25, 0.3) is 0 Å². The highest BCUT2D eigenvalue weighted by molar-refractivity contribution is 5.78. The van der Waals surface area contributed by atoms with Gasteiger partial charge in [-0.1, -0.05) is 20.3 Å². The molecule has 0 saturated heterocycles. The van der Waals surface area contributed by atoms with E-state index in [1.54, 1.807) is 4.90 Å². The summed E-state index contributed by atoms with van der Waals surface area (Å²) in [5.74, 6) is 5.39. The molecule has 9 nitrogen and oxygen atoms in total. The van der Waals surface area contributed by atoms with Crippen LogP contribution in [0.2, 0.25) is 0 Å². The molecule has 0 unspecified atom stereocenters. The number of nitrogens with zero attached hydrogens (tertiary/aromatic N) is 4. The zero-order valence-electron chi connectivity index (χ0n) is 12.5. The number of hydrogen-bond acceptors (Lipinski definition) is 8. The number of rotatable bonds is 10. The van der Waals surface area contributed by atoms with Gasteiger partial charge in [0.2, 0.25) is 17.8 Å². The van der Waals surface area contributed by atoms with Crippen molar-refractivity contribution in [1.29, 1.82) is 0 Å². The van der Waals surface area contributed by atoms with Gasteiger partial charge in [0.15, 0.2) is 0 Å². The summed E-state index contributed by atoms with van der Waals surface area (Å²) in [4.78, 5) is 25.2. The molecule has 0 saturated carbocycles. The van der Waals surface area contributed by atoms with Crippen LogP contribution in [0.25, 0.3) is 0 Å². The van der Waals surface area contributed by atoms with Crippen molar-refractivity contribution in [2.45, 2.75) is 33.1 Å². The van der Waals surface area contributed by atoms with Crippen LogP contribution in [-0.4, -0.2) is 40.6 Å². The van der Waals surface area contributed by atoms with Crippen molar-refractivity contribution >= 4 is 17.8 Å². The third kappa shape index (κ3) is 5.78. The Morgan fingerprint density at radius 1 is 1.29 bits per heavy atom. The van der Waals surface area contributed by atoms with Crippen molar-refractivity contribution < 1.29 is 9.53 Å². The van der Waals surface area contributed by atoms with Crippen LogP contribution in [0.1, 0.15) is 33.1 Å². The molecule has 0 aliphatic carbocycles. The Kier molecular flexibility index (Phi) is 7.16. The molecule has 0 aromatic carbocycles. The minimum absolute atomic E-state index is 0.0290. The normalized spacial score (nSPS) is 10.2. The van der Waals surface area contributed by atoms with Gasteiger partial charge in [-0.2, -0.15) is 15.0 Å². The Morgan fingerprint density at radius 2 is 2.05 bits per heavy atom. The number of nitrogens with one attached hydrogen (secondary N) is 1. The van der Waals surface area contributed by atoms with Crippen molar-refractivity contribution in [3.63, 3.8) is 0 Å². The van der Waals surface area contributed by atoms with E-state index in [0.29, 0.717) is 19.1 Å². The third-order valence-corrected chi connectivity index (χ3v) is 2.58. The van der Waals surface area contributed by atoms with E-state index in [1.807, 2.05) is 6.92 Å². The molecule has 0 fully saturated rings. The maximum Gasteiger partial charge on any atom is 0.323 e. The van der Waals surface area contributed by atoms with E-state index in [-0.39, 0.29) is 18.5 Å². The fourth-order valence-corrected chi connectivity index (χ4v) is 1.60. The maximum atomic E-state index is 11.2. The fourth-order valence-electron chi connectivity index (χ4n) is 1.60. The second kappa shape index (κ2) is 8.90. The van der Waals surface area contributed by atoms with Gasteiger partial charge in [-0.05, 0) is 12.8 Å². The average molecular weight is 297 g/mol. The average Bonchev–Trinajstić information content (AvgIpc) is 2.48. The number of primary amides is 1. The summed E-state index contributed by atoms with van der Waals surface area (Å²) in [5.41, 5.74) is 7.63. The fraction of sp³-hybridized carbons (Fsp3) is 0.667. The highest BCUT2D eigenvalue weighted by atomic mass is 16.5. The van der Waals surface area contributed by atoms with Gasteiger partial charge in [-0.15, -0.1) is 0 Å². The number of nitrogens with two attached hydrogens (primary N) is 2. The van der Waals surface area contributed by atoms with Gasteiger partial charge < -0.3 is 15.4 Å². The second-order valence-electron chi connectivity index (χ2n) is 4.48. The molecule has 21 heavy (non-hydrogen) atoms. The molecule has 1 heterocycles. The Balaban J connectivity index is 3.00.